The number of furan rings is 1. The molecule has 0 bridgehead atoms. The molecular weight excluding hydrogens is 268 g/mol. The molecule has 4 rings (SSSR count). The van der Waals surface area contributed by atoms with Crippen LogP contribution in [0.25, 0.3) is 0 Å². The smallest absolute Gasteiger partial charge is 0.117 e. The Morgan fingerprint density at radius 1 is 1.19 bits per heavy atom. The molecule has 4 heterocycles. The Balaban J connectivity index is 1.37. The van der Waals surface area contributed by atoms with E-state index >= 15 is 0 Å². The molecule has 116 valence electrons. The third-order valence-corrected chi connectivity index (χ3v) is 4.91. The Morgan fingerprint density at radius 3 is 3.00 bits per heavy atom. The molecule has 1 aromatic heterocycles. The Bertz CT molecular complexity index is 444. The lowest BCUT2D eigenvalue weighted by Gasteiger charge is -2.38. The maximum absolute atomic E-state index is 5.99. The SMILES string of the molecule is c1coc(CN2C[C@@H]3OCCN(C[C@@H]4CCCO4)[C@@H]3C2)c1. The van der Waals surface area contributed by atoms with Crippen LogP contribution in [0.2, 0.25) is 0 Å². The first-order chi connectivity index (χ1) is 10.4. The molecule has 0 spiro atoms. The summed E-state index contributed by atoms with van der Waals surface area (Å²) >= 11 is 0. The highest BCUT2D eigenvalue weighted by molar-refractivity contribution is 5.01. The summed E-state index contributed by atoms with van der Waals surface area (Å²) in [7, 11) is 0. The Kier molecular flexibility index (Phi) is 3.99. The van der Waals surface area contributed by atoms with Crippen LogP contribution in [0.4, 0.5) is 0 Å². The quantitative estimate of drug-likeness (QED) is 0.837. The molecule has 5 heteroatoms. The van der Waals surface area contributed by atoms with E-state index < -0.39 is 0 Å². The van der Waals surface area contributed by atoms with Gasteiger partial charge in [-0.15, -0.1) is 0 Å². The normalized spacial score (nSPS) is 34.4. The van der Waals surface area contributed by atoms with Gasteiger partial charge in [0.15, 0.2) is 0 Å². The van der Waals surface area contributed by atoms with Crippen LogP contribution in [0.1, 0.15) is 18.6 Å². The van der Waals surface area contributed by atoms with Gasteiger partial charge in [-0.05, 0) is 25.0 Å². The minimum Gasteiger partial charge on any atom is -0.468 e. The van der Waals surface area contributed by atoms with Crippen molar-refractivity contribution < 1.29 is 13.9 Å². The van der Waals surface area contributed by atoms with E-state index in [4.69, 9.17) is 13.9 Å². The minimum absolute atomic E-state index is 0.343. The molecule has 1 aromatic rings. The van der Waals surface area contributed by atoms with E-state index in [1.54, 1.807) is 6.26 Å². The van der Waals surface area contributed by atoms with Crippen LogP contribution in [0.3, 0.4) is 0 Å². The van der Waals surface area contributed by atoms with Crippen molar-refractivity contribution in [2.45, 2.75) is 37.6 Å². The van der Waals surface area contributed by atoms with Gasteiger partial charge < -0.3 is 13.9 Å². The van der Waals surface area contributed by atoms with Crippen LogP contribution in [-0.2, 0) is 16.0 Å². The van der Waals surface area contributed by atoms with Gasteiger partial charge in [0.05, 0.1) is 31.6 Å². The maximum atomic E-state index is 5.99. The molecule has 0 N–H and O–H groups in total. The van der Waals surface area contributed by atoms with Crippen molar-refractivity contribution in [2.75, 3.05) is 39.4 Å². The monoisotopic (exact) mass is 292 g/mol. The van der Waals surface area contributed by atoms with E-state index in [0.717, 1.165) is 51.7 Å². The van der Waals surface area contributed by atoms with Crippen molar-refractivity contribution in [2.24, 2.45) is 0 Å². The zero-order chi connectivity index (χ0) is 14.1. The lowest BCUT2D eigenvalue weighted by atomic mass is 10.1. The van der Waals surface area contributed by atoms with Gasteiger partial charge in [0.25, 0.3) is 0 Å². The number of rotatable bonds is 4. The van der Waals surface area contributed by atoms with Crippen molar-refractivity contribution in [3.63, 3.8) is 0 Å². The number of fused-ring (bicyclic) bond motifs is 1. The van der Waals surface area contributed by atoms with Gasteiger partial charge >= 0.3 is 0 Å². The highest BCUT2D eigenvalue weighted by Crippen LogP contribution is 2.26. The molecule has 3 aliphatic rings. The number of ether oxygens (including phenoxy) is 2. The average Bonchev–Trinajstić information content (AvgIpc) is 3.20. The summed E-state index contributed by atoms with van der Waals surface area (Å²) in [5, 5.41) is 0. The fourth-order valence-corrected chi connectivity index (χ4v) is 3.86. The van der Waals surface area contributed by atoms with Gasteiger partial charge in [-0.25, -0.2) is 0 Å². The summed E-state index contributed by atoms with van der Waals surface area (Å²) in [6.45, 7) is 6.85. The minimum atomic E-state index is 0.343. The maximum Gasteiger partial charge on any atom is 0.117 e. The van der Waals surface area contributed by atoms with E-state index in [1.807, 2.05) is 12.1 Å². The largest absolute Gasteiger partial charge is 0.468 e. The molecule has 3 aliphatic heterocycles. The van der Waals surface area contributed by atoms with Crippen LogP contribution in [0, 0.1) is 0 Å². The molecule has 0 aliphatic carbocycles. The molecule has 21 heavy (non-hydrogen) atoms. The lowest BCUT2D eigenvalue weighted by molar-refractivity contribution is -0.0615. The van der Waals surface area contributed by atoms with Crippen LogP contribution in [0.15, 0.2) is 22.8 Å². The molecule has 3 fully saturated rings. The standard InChI is InChI=1S/C16H24N2O3/c1-3-13(19-6-1)9-17-11-15-16(12-17)21-8-5-18(15)10-14-4-2-7-20-14/h1,3,6,14-16H,2,4-5,7-12H2/t14-,15+,16-/m0/s1. The number of morpholine rings is 1. The third kappa shape index (κ3) is 3.01. The van der Waals surface area contributed by atoms with Crippen LogP contribution < -0.4 is 0 Å². The third-order valence-electron chi connectivity index (χ3n) is 4.91. The first kappa shape index (κ1) is 13.8. The van der Waals surface area contributed by atoms with E-state index in [-0.39, 0.29) is 0 Å². The summed E-state index contributed by atoms with van der Waals surface area (Å²) in [6.07, 6.45) is 4.95. The van der Waals surface area contributed by atoms with Crippen molar-refractivity contribution in [1.82, 2.24) is 9.80 Å². The molecule has 0 radical (unpaired) electrons. The molecular formula is C16H24N2O3. The van der Waals surface area contributed by atoms with Crippen LogP contribution in [0.5, 0.6) is 0 Å². The van der Waals surface area contributed by atoms with Gasteiger partial charge in [0, 0.05) is 38.8 Å². The van der Waals surface area contributed by atoms with Gasteiger partial charge in [-0.3, -0.25) is 9.80 Å². The van der Waals surface area contributed by atoms with Gasteiger partial charge in [0.1, 0.15) is 5.76 Å². The number of nitrogens with zero attached hydrogens (tertiary/aromatic N) is 2. The summed E-state index contributed by atoms with van der Waals surface area (Å²) in [6, 6.07) is 4.52. The van der Waals surface area contributed by atoms with E-state index in [9.17, 15) is 0 Å². The second-order valence-electron chi connectivity index (χ2n) is 6.38. The van der Waals surface area contributed by atoms with Gasteiger partial charge in [-0.2, -0.15) is 0 Å². The summed E-state index contributed by atoms with van der Waals surface area (Å²) in [4.78, 5) is 5.04. The summed E-state index contributed by atoms with van der Waals surface area (Å²) in [5.74, 6) is 1.04. The van der Waals surface area contributed by atoms with Crippen molar-refractivity contribution in [3.05, 3.63) is 24.2 Å². The van der Waals surface area contributed by atoms with Crippen molar-refractivity contribution >= 4 is 0 Å². The number of likely N-dealkylation sites (tertiary alicyclic amines) is 1. The first-order valence-corrected chi connectivity index (χ1v) is 8.10. The second-order valence-corrected chi connectivity index (χ2v) is 6.38. The lowest BCUT2D eigenvalue weighted by Crippen LogP contribution is -2.52. The number of hydrogen-bond acceptors (Lipinski definition) is 5. The van der Waals surface area contributed by atoms with E-state index in [1.165, 1.54) is 12.8 Å². The van der Waals surface area contributed by atoms with Gasteiger partial charge in [-0.1, -0.05) is 0 Å². The average molecular weight is 292 g/mol. The van der Waals surface area contributed by atoms with Crippen LogP contribution in [-0.4, -0.2) is 67.4 Å². The van der Waals surface area contributed by atoms with Crippen LogP contribution >= 0.6 is 0 Å². The molecule has 0 saturated carbocycles. The van der Waals surface area contributed by atoms with E-state index in [2.05, 4.69) is 9.80 Å². The zero-order valence-electron chi connectivity index (χ0n) is 12.4. The molecule has 0 amide bonds. The molecule has 0 aromatic carbocycles. The second kappa shape index (κ2) is 6.08. The Morgan fingerprint density at radius 2 is 2.19 bits per heavy atom. The Labute approximate surface area is 125 Å². The first-order valence-electron chi connectivity index (χ1n) is 8.10. The van der Waals surface area contributed by atoms with Gasteiger partial charge in [0.2, 0.25) is 0 Å². The topological polar surface area (TPSA) is 38.1 Å². The fraction of sp³-hybridized carbons (Fsp3) is 0.750. The number of hydrogen-bond donors (Lipinski definition) is 0. The fourth-order valence-electron chi connectivity index (χ4n) is 3.86. The molecule has 3 saturated heterocycles. The predicted molar refractivity (Wildman–Crippen MR) is 78.1 cm³/mol. The van der Waals surface area contributed by atoms with E-state index in [0.29, 0.717) is 18.2 Å². The van der Waals surface area contributed by atoms with Crippen molar-refractivity contribution in [1.29, 1.82) is 0 Å². The van der Waals surface area contributed by atoms with Crippen molar-refractivity contribution in [3.8, 4) is 0 Å². The summed E-state index contributed by atoms with van der Waals surface area (Å²) in [5.41, 5.74) is 0. The molecule has 5 nitrogen and oxygen atoms in total. The molecule has 0 unspecified atom stereocenters. The highest BCUT2D eigenvalue weighted by Gasteiger charge is 2.41. The summed E-state index contributed by atoms with van der Waals surface area (Å²) < 4.78 is 17.3. The zero-order valence-corrected chi connectivity index (χ0v) is 12.4. The molecule has 3 atom stereocenters. The Hall–Kier alpha value is -0.880. The predicted octanol–water partition coefficient (Wildman–Crippen LogP) is 1.34. The highest BCUT2D eigenvalue weighted by atomic mass is 16.5.